The summed E-state index contributed by atoms with van der Waals surface area (Å²) in [6.45, 7) is 2.88. The smallest absolute Gasteiger partial charge is 0.309 e. The summed E-state index contributed by atoms with van der Waals surface area (Å²) in [6, 6.07) is 7.30. The molecule has 5 heteroatoms. The molecule has 0 bridgehead atoms. The van der Waals surface area contributed by atoms with Crippen molar-refractivity contribution in [1.82, 2.24) is 10.6 Å². The molecule has 0 aromatic heterocycles. The molecule has 0 spiro atoms. The Labute approximate surface area is 113 Å². The van der Waals surface area contributed by atoms with Crippen LogP contribution in [-0.2, 0) is 16.1 Å². The van der Waals surface area contributed by atoms with Gasteiger partial charge in [-0.1, -0.05) is 25.5 Å². The van der Waals surface area contributed by atoms with E-state index in [2.05, 4.69) is 10.6 Å². The average Bonchev–Trinajstić information content (AvgIpc) is 2.45. The van der Waals surface area contributed by atoms with E-state index < -0.39 is 11.8 Å². The molecular weight excluding hydrogens is 244 g/mol. The van der Waals surface area contributed by atoms with Gasteiger partial charge in [-0.05, 0) is 24.1 Å². The van der Waals surface area contributed by atoms with Crippen LogP contribution >= 0.6 is 0 Å². The molecule has 19 heavy (non-hydrogen) atoms. The molecule has 2 amide bonds. The lowest BCUT2D eigenvalue weighted by atomic mass is 10.2. The Morgan fingerprint density at radius 3 is 2.32 bits per heavy atom. The predicted molar refractivity (Wildman–Crippen MR) is 72.8 cm³/mol. The maximum absolute atomic E-state index is 11.5. The first kappa shape index (κ1) is 15.0. The summed E-state index contributed by atoms with van der Waals surface area (Å²) in [6.07, 6.45) is 1.85. The number of ether oxygens (including phenoxy) is 1. The van der Waals surface area contributed by atoms with Crippen molar-refractivity contribution in [2.45, 2.75) is 26.3 Å². The van der Waals surface area contributed by atoms with Gasteiger partial charge in [-0.25, -0.2) is 0 Å². The Kier molecular flexibility index (Phi) is 6.43. The lowest BCUT2D eigenvalue weighted by Gasteiger charge is -2.06. The molecular formula is C14H20N2O3. The monoisotopic (exact) mass is 264 g/mol. The summed E-state index contributed by atoms with van der Waals surface area (Å²) in [7, 11) is 1.59. The first-order valence-electron chi connectivity index (χ1n) is 6.36. The highest BCUT2D eigenvalue weighted by Crippen LogP contribution is 2.10. The summed E-state index contributed by atoms with van der Waals surface area (Å²) < 4.78 is 5.04. The molecule has 104 valence electrons. The van der Waals surface area contributed by atoms with E-state index in [-0.39, 0.29) is 0 Å². The molecule has 0 atom stereocenters. The maximum atomic E-state index is 11.5. The van der Waals surface area contributed by atoms with Crippen LogP contribution in [0.5, 0.6) is 5.75 Å². The molecule has 0 aliphatic rings. The van der Waals surface area contributed by atoms with Gasteiger partial charge >= 0.3 is 11.8 Å². The van der Waals surface area contributed by atoms with Gasteiger partial charge in [0.2, 0.25) is 0 Å². The van der Waals surface area contributed by atoms with Gasteiger partial charge in [-0.2, -0.15) is 0 Å². The second kappa shape index (κ2) is 8.13. The van der Waals surface area contributed by atoms with Gasteiger partial charge in [0, 0.05) is 13.1 Å². The summed E-state index contributed by atoms with van der Waals surface area (Å²) in [5, 5.41) is 5.14. The number of hydrogen-bond acceptors (Lipinski definition) is 3. The van der Waals surface area contributed by atoms with Crippen molar-refractivity contribution >= 4 is 11.8 Å². The Hall–Kier alpha value is -2.04. The van der Waals surface area contributed by atoms with Crippen LogP contribution in [-0.4, -0.2) is 25.5 Å². The minimum absolute atomic E-state index is 0.323. The van der Waals surface area contributed by atoms with Gasteiger partial charge in [0.15, 0.2) is 0 Å². The lowest BCUT2D eigenvalue weighted by Crippen LogP contribution is -2.39. The van der Waals surface area contributed by atoms with Crippen LogP contribution in [0, 0.1) is 0 Å². The van der Waals surface area contributed by atoms with Crippen LogP contribution in [0.1, 0.15) is 25.3 Å². The predicted octanol–water partition coefficient (Wildman–Crippen LogP) is 1.23. The lowest BCUT2D eigenvalue weighted by molar-refractivity contribution is -0.139. The van der Waals surface area contributed by atoms with Crippen molar-refractivity contribution in [3.05, 3.63) is 29.8 Å². The largest absolute Gasteiger partial charge is 0.497 e. The van der Waals surface area contributed by atoms with Crippen molar-refractivity contribution in [2.75, 3.05) is 13.7 Å². The second-order valence-electron chi connectivity index (χ2n) is 4.14. The van der Waals surface area contributed by atoms with E-state index in [1.54, 1.807) is 7.11 Å². The molecule has 0 saturated carbocycles. The van der Waals surface area contributed by atoms with Gasteiger partial charge in [-0.3, -0.25) is 9.59 Å². The standard InChI is InChI=1S/C14H20N2O3/c1-3-4-9-15-13(17)14(18)16-10-11-5-7-12(19-2)8-6-11/h5-8H,3-4,9-10H2,1-2H3,(H,15,17)(H,16,18). The van der Waals surface area contributed by atoms with Crippen LogP contribution < -0.4 is 15.4 Å². The fourth-order valence-electron chi connectivity index (χ4n) is 1.46. The van der Waals surface area contributed by atoms with E-state index in [9.17, 15) is 9.59 Å². The molecule has 0 aliphatic carbocycles. The summed E-state index contributed by atoms with van der Waals surface area (Å²) in [5.74, 6) is -0.429. The van der Waals surface area contributed by atoms with Gasteiger partial charge in [0.1, 0.15) is 5.75 Å². The van der Waals surface area contributed by atoms with Crippen LogP contribution in [0.2, 0.25) is 0 Å². The quantitative estimate of drug-likeness (QED) is 0.600. The van der Waals surface area contributed by atoms with E-state index >= 15 is 0 Å². The highest BCUT2D eigenvalue weighted by atomic mass is 16.5. The molecule has 0 fully saturated rings. The highest BCUT2D eigenvalue weighted by molar-refractivity contribution is 6.35. The SMILES string of the molecule is CCCCNC(=O)C(=O)NCc1ccc(OC)cc1. The fourth-order valence-corrected chi connectivity index (χ4v) is 1.46. The van der Waals surface area contributed by atoms with E-state index in [1.807, 2.05) is 31.2 Å². The molecule has 1 aromatic rings. The van der Waals surface area contributed by atoms with Crippen LogP contribution in [0.3, 0.4) is 0 Å². The number of carbonyl (C=O) groups is 2. The third kappa shape index (κ3) is 5.42. The highest BCUT2D eigenvalue weighted by Gasteiger charge is 2.11. The van der Waals surface area contributed by atoms with Crippen LogP contribution in [0.4, 0.5) is 0 Å². The number of nitrogens with one attached hydrogen (secondary N) is 2. The Morgan fingerprint density at radius 1 is 1.11 bits per heavy atom. The summed E-state index contributed by atoms with van der Waals surface area (Å²) in [5.41, 5.74) is 0.913. The fraction of sp³-hybridized carbons (Fsp3) is 0.429. The average molecular weight is 264 g/mol. The minimum Gasteiger partial charge on any atom is -0.497 e. The number of methoxy groups -OCH3 is 1. The van der Waals surface area contributed by atoms with Gasteiger partial charge in [-0.15, -0.1) is 0 Å². The van der Waals surface area contributed by atoms with Crippen molar-refractivity contribution in [3.63, 3.8) is 0 Å². The van der Waals surface area contributed by atoms with E-state index in [0.29, 0.717) is 13.1 Å². The molecule has 0 saturated heterocycles. The molecule has 0 radical (unpaired) electrons. The number of benzene rings is 1. The normalized spacial score (nSPS) is 9.79. The number of hydrogen-bond donors (Lipinski definition) is 2. The van der Waals surface area contributed by atoms with Crippen molar-refractivity contribution in [3.8, 4) is 5.75 Å². The third-order valence-electron chi connectivity index (χ3n) is 2.63. The molecule has 0 aliphatic heterocycles. The van der Waals surface area contributed by atoms with Crippen molar-refractivity contribution < 1.29 is 14.3 Å². The number of rotatable bonds is 6. The zero-order valence-electron chi connectivity index (χ0n) is 11.4. The zero-order valence-corrected chi connectivity index (χ0v) is 11.4. The van der Waals surface area contributed by atoms with Gasteiger partial charge in [0.05, 0.1) is 7.11 Å². The van der Waals surface area contributed by atoms with Crippen LogP contribution in [0.15, 0.2) is 24.3 Å². The van der Waals surface area contributed by atoms with Crippen molar-refractivity contribution in [1.29, 1.82) is 0 Å². The van der Waals surface area contributed by atoms with Gasteiger partial charge < -0.3 is 15.4 Å². The van der Waals surface area contributed by atoms with E-state index in [1.165, 1.54) is 0 Å². The Balaban J connectivity index is 2.34. The van der Waals surface area contributed by atoms with Crippen LogP contribution in [0.25, 0.3) is 0 Å². The topological polar surface area (TPSA) is 67.4 Å². The maximum Gasteiger partial charge on any atom is 0.309 e. The molecule has 2 N–H and O–H groups in total. The number of unbranched alkanes of at least 4 members (excludes halogenated alkanes) is 1. The minimum atomic E-state index is -0.605. The molecule has 0 heterocycles. The number of amides is 2. The molecule has 1 aromatic carbocycles. The van der Waals surface area contributed by atoms with Gasteiger partial charge in [0.25, 0.3) is 0 Å². The first-order chi connectivity index (χ1) is 9.17. The molecule has 5 nitrogen and oxygen atoms in total. The number of carbonyl (C=O) groups excluding carboxylic acids is 2. The Bertz CT molecular complexity index is 415. The van der Waals surface area contributed by atoms with Crippen molar-refractivity contribution in [2.24, 2.45) is 0 Å². The third-order valence-corrected chi connectivity index (χ3v) is 2.63. The summed E-state index contributed by atoms with van der Waals surface area (Å²) >= 11 is 0. The zero-order chi connectivity index (χ0) is 14.1. The molecule has 0 unspecified atom stereocenters. The summed E-state index contributed by atoms with van der Waals surface area (Å²) in [4.78, 5) is 22.9. The van der Waals surface area contributed by atoms with E-state index in [0.717, 1.165) is 24.2 Å². The first-order valence-corrected chi connectivity index (χ1v) is 6.36. The Morgan fingerprint density at radius 2 is 1.74 bits per heavy atom. The molecule has 1 rings (SSSR count). The second-order valence-corrected chi connectivity index (χ2v) is 4.14. The van der Waals surface area contributed by atoms with E-state index in [4.69, 9.17) is 4.74 Å².